The molecular formula is C14H19F3N2O. The molecule has 0 unspecified atom stereocenters. The highest BCUT2D eigenvalue weighted by atomic mass is 19.2. The summed E-state index contributed by atoms with van der Waals surface area (Å²) >= 11 is 0. The van der Waals surface area contributed by atoms with E-state index in [9.17, 15) is 13.2 Å². The van der Waals surface area contributed by atoms with Gasteiger partial charge in [-0.25, -0.2) is 13.2 Å². The predicted octanol–water partition coefficient (Wildman–Crippen LogP) is 1.82. The second kappa shape index (κ2) is 7.06. The van der Waals surface area contributed by atoms with Crippen molar-refractivity contribution in [3.8, 4) is 0 Å². The van der Waals surface area contributed by atoms with Crippen molar-refractivity contribution in [2.45, 2.75) is 18.9 Å². The summed E-state index contributed by atoms with van der Waals surface area (Å²) in [5, 5.41) is 12.2. The van der Waals surface area contributed by atoms with Crippen molar-refractivity contribution in [3.05, 3.63) is 35.1 Å². The molecule has 0 bridgehead atoms. The summed E-state index contributed by atoms with van der Waals surface area (Å²) < 4.78 is 40.4. The van der Waals surface area contributed by atoms with E-state index in [1.54, 1.807) is 0 Å². The average molecular weight is 288 g/mol. The number of rotatable bonds is 5. The molecule has 1 saturated heterocycles. The standard InChI is InChI=1S/C14H19F3N2O/c15-11-9-13(17)12(16)8-10(11)14(2-1-7-20)19-5-3-18-4-6-19/h8-9,14,18,20H,1-7H2/t14-/m0/s1. The molecule has 2 rings (SSSR count). The molecule has 20 heavy (non-hydrogen) atoms. The molecule has 1 fully saturated rings. The number of hydrogen-bond acceptors (Lipinski definition) is 3. The highest BCUT2D eigenvalue weighted by Gasteiger charge is 2.25. The predicted molar refractivity (Wildman–Crippen MR) is 69.8 cm³/mol. The van der Waals surface area contributed by atoms with Crippen LogP contribution in [0.3, 0.4) is 0 Å². The first kappa shape index (κ1) is 15.3. The topological polar surface area (TPSA) is 35.5 Å². The smallest absolute Gasteiger partial charge is 0.161 e. The van der Waals surface area contributed by atoms with Crippen molar-refractivity contribution >= 4 is 0 Å². The van der Waals surface area contributed by atoms with E-state index in [1.807, 2.05) is 4.90 Å². The maximum absolute atomic E-state index is 14.0. The summed E-state index contributed by atoms with van der Waals surface area (Å²) in [4.78, 5) is 2.04. The van der Waals surface area contributed by atoms with Crippen LogP contribution in [0.4, 0.5) is 13.2 Å². The summed E-state index contributed by atoms with van der Waals surface area (Å²) in [6, 6.07) is 1.20. The maximum Gasteiger partial charge on any atom is 0.161 e. The van der Waals surface area contributed by atoms with E-state index in [0.717, 1.165) is 19.2 Å². The zero-order chi connectivity index (χ0) is 14.5. The minimum atomic E-state index is -1.17. The van der Waals surface area contributed by atoms with Gasteiger partial charge >= 0.3 is 0 Å². The molecule has 0 saturated carbocycles. The number of benzene rings is 1. The van der Waals surface area contributed by atoms with Crippen LogP contribution < -0.4 is 5.32 Å². The number of piperazine rings is 1. The normalized spacial score (nSPS) is 18.2. The van der Waals surface area contributed by atoms with Crippen LogP contribution in [0.15, 0.2) is 12.1 Å². The highest BCUT2D eigenvalue weighted by molar-refractivity contribution is 5.24. The van der Waals surface area contributed by atoms with Crippen molar-refractivity contribution in [2.24, 2.45) is 0 Å². The molecular weight excluding hydrogens is 269 g/mol. The third-order valence-electron chi connectivity index (χ3n) is 3.63. The molecule has 1 aromatic rings. The molecule has 1 atom stereocenters. The van der Waals surface area contributed by atoms with Crippen LogP contribution in [0.25, 0.3) is 0 Å². The van der Waals surface area contributed by atoms with E-state index >= 15 is 0 Å². The Bertz CT molecular complexity index is 450. The lowest BCUT2D eigenvalue weighted by molar-refractivity contribution is 0.151. The Morgan fingerprint density at radius 2 is 1.75 bits per heavy atom. The molecule has 0 spiro atoms. The second-order valence-corrected chi connectivity index (χ2v) is 4.96. The largest absolute Gasteiger partial charge is 0.396 e. The van der Waals surface area contributed by atoms with Crippen molar-refractivity contribution in [2.75, 3.05) is 32.8 Å². The summed E-state index contributed by atoms with van der Waals surface area (Å²) in [7, 11) is 0. The van der Waals surface area contributed by atoms with Crippen LogP contribution in [0.1, 0.15) is 24.4 Å². The molecule has 0 amide bonds. The lowest BCUT2D eigenvalue weighted by atomic mass is 9.98. The van der Waals surface area contributed by atoms with Crippen LogP contribution in [0.5, 0.6) is 0 Å². The highest BCUT2D eigenvalue weighted by Crippen LogP contribution is 2.29. The van der Waals surface area contributed by atoms with Gasteiger partial charge in [0.25, 0.3) is 0 Å². The second-order valence-electron chi connectivity index (χ2n) is 4.96. The molecule has 1 aliphatic rings. The SMILES string of the molecule is OCCC[C@@H](c1cc(F)c(F)cc1F)N1CCNCC1. The molecule has 6 heteroatoms. The summed E-state index contributed by atoms with van der Waals surface area (Å²) in [5.41, 5.74) is 0.166. The Labute approximate surface area is 116 Å². The van der Waals surface area contributed by atoms with E-state index < -0.39 is 17.5 Å². The van der Waals surface area contributed by atoms with Crippen molar-refractivity contribution < 1.29 is 18.3 Å². The van der Waals surface area contributed by atoms with Crippen LogP contribution in [-0.4, -0.2) is 42.8 Å². The van der Waals surface area contributed by atoms with E-state index in [-0.39, 0.29) is 18.2 Å². The summed E-state index contributed by atoms with van der Waals surface area (Å²) in [6.45, 7) is 2.98. The van der Waals surface area contributed by atoms with Gasteiger partial charge in [-0.1, -0.05) is 0 Å². The Kier molecular flexibility index (Phi) is 5.39. The molecule has 2 N–H and O–H groups in total. The lowest BCUT2D eigenvalue weighted by Crippen LogP contribution is -2.45. The van der Waals surface area contributed by atoms with Crippen LogP contribution >= 0.6 is 0 Å². The Morgan fingerprint density at radius 1 is 1.10 bits per heavy atom. The zero-order valence-corrected chi connectivity index (χ0v) is 11.2. The van der Waals surface area contributed by atoms with Gasteiger partial charge in [0.15, 0.2) is 11.6 Å². The molecule has 1 aliphatic heterocycles. The van der Waals surface area contributed by atoms with Crippen LogP contribution in [0, 0.1) is 17.5 Å². The van der Waals surface area contributed by atoms with Crippen molar-refractivity contribution in [1.29, 1.82) is 0 Å². The molecule has 0 aliphatic carbocycles. The fourth-order valence-corrected chi connectivity index (χ4v) is 2.61. The van der Waals surface area contributed by atoms with E-state index in [0.29, 0.717) is 32.0 Å². The van der Waals surface area contributed by atoms with Gasteiger partial charge in [-0.3, -0.25) is 4.90 Å². The van der Waals surface area contributed by atoms with Gasteiger partial charge in [0.2, 0.25) is 0 Å². The number of aliphatic hydroxyl groups is 1. The fourth-order valence-electron chi connectivity index (χ4n) is 2.61. The van der Waals surface area contributed by atoms with Gasteiger partial charge in [0.1, 0.15) is 5.82 Å². The van der Waals surface area contributed by atoms with E-state index in [2.05, 4.69) is 5.32 Å². The van der Waals surface area contributed by atoms with Gasteiger partial charge in [0, 0.05) is 50.5 Å². The van der Waals surface area contributed by atoms with Crippen molar-refractivity contribution in [1.82, 2.24) is 10.2 Å². The third kappa shape index (κ3) is 3.50. The minimum absolute atomic E-state index is 0.00607. The Morgan fingerprint density at radius 3 is 2.40 bits per heavy atom. The van der Waals surface area contributed by atoms with Gasteiger partial charge in [-0.15, -0.1) is 0 Å². The van der Waals surface area contributed by atoms with E-state index in [4.69, 9.17) is 5.11 Å². The molecule has 3 nitrogen and oxygen atoms in total. The van der Waals surface area contributed by atoms with Crippen molar-refractivity contribution in [3.63, 3.8) is 0 Å². The first-order valence-corrected chi connectivity index (χ1v) is 6.83. The first-order valence-electron chi connectivity index (χ1n) is 6.83. The minimum Gasteiger partial charge on any atom is -0.396 e. The quantitative estimate of drug-likeness (QED) is 0.811. The maximum atomic E-state index is 14.0. The third-order valence-corrected chi connectivity index (χ3v) is 3.63. The molecule has 112 valence electrons. The zero-order valence-electron chi connectivity index (χ0n) is 11.2. The summed E-state index contributed by atoms with van der Waals surface area (Å²) in [5.74, 6) is -2.94. The molecule has 1 heterocycles. The Balaban J connectivity index is 2.27. The molecule has 0 radical (unpaired) electrons. The van der Waals surface area contributed by atoms with Crippen LogP contribution in [-0.2, 0) is 0 Å². The van der Waals surface area contributed by atoms with Gasteiger partial charge in [0.05, 0.1) is 0 Å². The van der Waals surface area contributed by atoms with E-state index in [1.165, 1.54) is 0 Å². The first-order chi connectivity index (χ1) is 9.63. The van der Waals surface area contributed by atoms with Crippen LogP contribution in [0.2, 0.25) is 0 Å². The molecule has 1 aromatic carbocycles. The lowest BCUT2D eigenvalue weighted by Gasteiger charge is -2.35. The number of aliphatic hydroxyl groups excluding tert-OH is 1. The Hall–Kier alpha value is -1.11. The number of hydrogen-bond donors (Lipinski definition) is 2. The van der Waals surface area contributed by atoms with Gasteiger partial charge < -0.3 is 10.4 Å². The summed E-state index contributed by atoms with van der Waals surface area (Å²) in [6.07, 6.45) is 1.01. The average Bonchev–Trinajstić information content (AvgIpc) is 2.45. The number of nitrogens with one attached hydrogen (secondary N) is 1. The fraction of sp³-hybridized carbons (Fsp3) is 0.571. The van der Waals surface area contributed by atoms with Gasteiger partial charge in [-0.2, -0.15) is 0 Å². The molecule has 0 aromatic heterocycles. The monoisotopic (exact) mass is 288 g/mol. The number of nitrogens with zero attached hydrogens (tertiary/aromatic N) is 1. The number of halogens is 3. The van der Waals surface area contributed by atoms with Gasteiger partial charge in [-0.05, 0) is 18.9 Å².